The molecule has 0 spiro atoms. The Kier molecular flexibility index (Phi) is 7.89. The van der Waals surface area contributed by atoms with Crippen LogP contribution in [0.25, 0.3) is 11.2 Å². The predicted octanol–water partition coefficient (Wildman–Crippen LogP) is 4.18. The van der Waals surface area contributed by atoms with Crippen LogP contribution in [0.4, 0.5) is 5.82 Å². The molecule has 1 aliphatic rings. The number of carbonyl (C=O) groups excluding carboxylic acids is 1. The van der Waals surface area contributed by atoms with Gasteiger partial charge in [-0.3, -0.25) is 9.36 Å². The van der Waals surface area contributed by atoms with Crippen molar-refractivity contribution >= 4 is 39.5 Å². The Bertz CT molecular complexity index is 1280. The van der Waals surface area contributed by atoms with Gasteiger partial charge in [-0.25, -0.2) is 15.0 Å². The second kappa shape index (κ2) is 10.6. The monoisotopic (exact) mass is 545 g/mol. The van der Waals surface area contributed by atoms with Gasteiger partial charge in [-0.1, -0.05) is 45.9 Å². The Morgan fingerprint density at radius 2 is 1.89 bits per heavy atom. The van der Waals surface area contributed by atoms with Crippen LogP contribution in [0.5, 0.6) is 0 Å². The molecule has 5 atom stereocenters. The van der Waals surface area contributed by atoms with Gasteiger partial charge < -0.3 is 19.4 Å². The number of rotatable bonds is 8. The Balaban J connectivity index is 1.72. The minimum absolute atomic E-state index is 0.139. The molecule has 11 nitrogen and oxygen atoms in total. The van der Waals surface area contributed by atoms with E-state index in [0.717, 1.165) is 0 Å². The number of benzene rings is 1. The number of fused-ring (bicyclic) bond motifs is 1. The van der Waals surface area contributed by atoms with Gasteiger partial charge in [0.15, 0.2) is 37.6 Å². The molecule has 0 radical (unpaired) electrons. The summed E-state index contributed by atoms with van der Waals surface area (Å²) in [6.07, 6.45) is 0.550. The molecule has 0 saturated carbocycles. The minimum Gasteiger partial charge on any atom is -0.566 e. The van der Waals surface area contributed by atoms with Crippen molar-refractivity contribution in [1.82, 2.24) is 19.5 Å². The Morgan fingerprint density at radius 1 is 1.19 bits per heavy atom. The Labute approximate surface area is 217 Å². The average molecular weight is 546 g/mol. The smallest absolute Gasteiger partial charge is 0.488 e. The van der Waals surface area contributed by atoms with Crippen LogP contribution in [-0.4, -0.2) is 52.1 Å². The second-order valence-electron chi connectivity index (χ2n) is 10.5. The number of aromatic nitrogens is 4. The first-order valence-electron chi connectivity index (χ1n) is 12.1. The van der Waals surface area contributed by atoms with Gasteiger partial charge in [0.25, 0.3) is 5.91 Å². The molecular formula is C24H32N5O6PSi. The number of ether oxygens (including phenoxy) is 1. The molecule has 1 amide bonds. The Hall–Kier alpha value is -2.60. The maximum atomic E-state index is 12.7. The summed E-state index contributed by atoms with van der Waals surface area (Å²) < 4.78 is 31.7. The molecule has 198 valence electrons. The van der Waals surface area contributed by atoms with Gasteiger partial charge in [-0.2, -0.15) is 0 Å². The van der Waals surface area contributed by atoms with Crippen LogP contribution in [0.15, 0.2) is 43.0 Å². The maximum absolute atomic E-state index is 12.7. The SMILES string of the molecule is CC[C@H]1O[C@@H](n2cnc3c(NC(=O)c4ccccc4)ncnc32)[C@H](O[Si](C)(C)C(C)(C)C)[C@@H]1O[P+](=O)[O-]. The van der Waals surface area contributed by atoms with E-state index in [2.05, 4.69) is 54.1 Å². The van der Waals surface area contributed by atoms with Crippen LogP contribution in [0.1, 0.15) is 50.7 Å². The summed E-state index contributed by atoms with van der Waals surface area (Å²) in [6.45, 7) is 12.4. The number of carbonyl (C=O) groups is 1. The van der Waals surface area contributed by atoms with E-state index in [0.29, 0.717) is 23.1 Å². The standard InChI is InChI=1S/C24H32N5O6PSi/c1-7-16-18(34-36(31)32)19(35-37(5,6)24(2,3)4)23(33-16)29-14-27-17-20(25-13-26-21(17)29)28-22(30)15-11-9-8-10-12-15/h8-14,16,18-19,23H,7H2,1-6H3,(H,25,26,28,30)/t16-,18-,19-,23-/m1/s1. The van der Waals surface area contributed by atoms with Crippen molar-refractivity contribution < 1.29 is 27.9 Å². The lowest BCUT2D eigenvalue weighted by atomic mass is 10.1. The van der Waals surface area contributed by atoms with Gasteiger partial charge in [0.05, 0.1) is 12.4 Å². The van der Waals surface area contributed by atoms with Crippen LogP contribution >= 0.6 is 8.25 Å². The number of amides is 1. The van der Waals surface area contributed by atoms with E-state index < -0.39 is 41.1 Å². The summed E-state index contributed by atoms with van der Waals surface area (Å²) in [4.78, 5) is 37.4. The molecular weight excluding hydrogens is 513 g/mol. The molecule has 37 heavy (non-hydrogen) atoms. The molecule has 1 aromatic carbocycles. The third-order valence-electron chi connectivity index (χ3n) is 7.03. The highest BCUT2D eigenvalue weighted by Gasteiger charge is 2.53. The zero-order valence-corrected chi connectivity index (χ0v) is 23.6. The number of nitrogens with one attached hydrogen (secondary N) is 1. The highest BCUT2D eigenvalue weighted by atomic mass is 31.1. The summed E-state index contributed by atoms with van der Waals surface area (Å²) in [5.41, 5.74) is 1.26. The quantitative estimate of drug-likeness (QED) is 0.326. The predicted molar refractivity (Wildman–Crippen MR) is 138 cm³/mol. The van der Waals surface area contributed by atoms with E-state index in [-0.39, 0.29) is 16.8 Å². The summed E-state index contributed by atoms with van der Waals surface area (Å²) in [6, 6.07) is 8.78. The highest BCUT2D eigenvalue weighted by molar-refractivity contribution is 7.30. The molecule has 3 aromatic rings. The van der Waals surface area contributed by atoms with Gasteiger partial charge in [0, 0.05) is 5.56 Å². The van der Waals surface area contributed by atoms with E-state index in [1.54, 1.807) is 28.8 Å². The minimum atomic E-state index is -3.13. The topological polar surface area (TPSA) is 141 Å². The van der Waals surface area contributed by atoms with E-state index in [4.69, 9.17) is 13.7 Å². The third kappa shape index (κ3) is 5.64. The van der Waals surface area contributed by atoms with Crippen LogP contribution in [-0.2, 0) is 18.3 Å². The molecule has 1 N–H and O–H groups in total. The molecule has 4 rings (SSSR count). The van der Waals surface area contributed by atoms with Gasteiger partial charge >= 0.3 is 8.25 Å². The lowest BCUT2D eigenvalue weighted by Gasteiger charge is -2.40. The van der Waals surface area contributed by atoms with Gasteiger partial charge in [0.1, 0.15) is 12.4 Å². The zero-order chi connectivity index (χ0) is 27.0. The van der Waals surface area contributed by atoms with Crippen molar-refractivity contribution in [3.8, 4) is 0 Å². The van der Waals surface area contributed by atoms with Crippen LogP contribution < -0.4 is 10.2 Å². The van der Waals surface area contributed by atoms with E-state index >= 15 is 0 Å². The van der Waals surface area contributed by atoms with Crippen molar-refractivity contribution in [3.05, 3.63) is 48.5 Å². The molecule has 0 aliphatic carbocycles. The molecule has 1 saturated heterocycles. The summed E-state index contributed by atoms with van der Waals surface area (Å²) in [7, 11) is -5.51. The number of anilines is 1. The van der Waals surface area contributed by atoms with Crippen LogP contribution in [0.2, 0.25) is 18.1 Å². The number of nitrogens with zero attached hydrogens (tertiary/aromatic N) is 4. The van der Waals surface area contributed by atoms with Crippen LogP contribution in [0.3, 0.4) is 0 Å². The maximum Gasteiger partial charge on any atom is 0.488 e. The van der Waals surface area contributed by atoms with Gasteiger partial charge in [0.2, 0.25) is 0 Å². The summed E-state index contributed by atoms with van der Waals surface area (Å²) in [5.74, 6) is -0.0786. The van der Waals surface area contributed by atoms with Gasteiger partial charge in [-0.15, -0.1) is 4.52 Å². The lowest BCUT2D eigenvalue weighted by molar-refractivity contribution is -0.192. The molecule has 1 unspecified atom stereocenters. The van der Waals surface area contributed by atoms with E-state index in [1.165, 1.54) is 12.7 Å². The molecule has 1 aliphatic heterocycles. The first-order chi connectivity index (χ1) is 17.4. The third-order valence-corrected chi connectivity index (χ3v) is 11.9. The fourth-order valence-corrected chi connectivity index (χ4v) is 5.77. The van der Waals surface area contributed by atoms with E-state index in [1.807, 2.05) is 13.0 Å². The first-order valence-corrected chi connectivity index (χ1v) is 16.1. The molecule has 1 fully saturated rings. The molecule has 2 aromatic heterocycles. The average Bonchev–Trinajstić information content (AvgIpc) is 3.40. The Morgan fingerprint density at radius 3 is 2.51 bits per heavy atom. The lowest BCUT2D eigenvalue weighted by Crippen LogP contribution is -2.49. The number of hydrogen-bond acceptors (Lipinski definition) is 9. The molecule has 0 bridgehead atoms. The number of imidazole rings is 1. The molecule has 13 heteroatoms. The zero-order valence-electron chi connectivity index (χ0n) is 21.7. The summed E-state index contributed by atoms with van der Waals surface area (Å²) >= 11 is 0. The largest absolute Gasteiger partial charge is 0.566 e. The fourth-order valence-electron chi connectivity index (χ4n) is 4.03. The second-order valence-corrected chi connectivity index (χ2v) is 15.9. The number of hydrogen-bond donors (Lipinski definition) is 1. The fraction of sp³-hybridized carbons (Fsp3) is 0.500. The molecule has 3 heterocycles. The van der Waals surface area contributed by atoms with Crippen molar-refractivity contribution in [2.75, 3.05) is 5.32 Å². The highest BCUT2D eigenvalue weighted by Crippen LogP contribution is 2.44. The van der Waals surface area contributed by atoms with Crippen molar-refractivity contribution in [2.45, 2.75) is 76.8 Å². The van der Waals surface area contributed by atoms with Crippen molar-refractivity contribution in [2.24, 2.45) is 0 Å². The van der Waals surface area contributed by atoms with Crippen LogP contribution in [0, 0.1) is 0 Å². The van der Waals surface area contributed by atoms with Crippen molar-refractivity contribution in [3.63, 3.8) is 0 Å². The van der Waals surface area contributed by atoms with Gasteiger partial charge in [-0.05, 0) is 41.3 Å². The summed E-state index contributed by atoms with van der Waals surface area (Å²) in [5, 5.41) is 2.65. The first kappa shape index (κ1) is 27.4. The normalized spacial score (nSPS) is 22.8. The van der Waals surface area contributed by atoms with E-state index in [9.17, 15) is 14.3 Å². The van der Waals surface area contributed by atoms with Crippen molar-refractivity contribution in [1.29, 1.82) is 0 Å².